The van der Waals surface area contributed by atoms with Gasteiger partial charge in [0, 0.05) is 79.8 Å². The number of fused-ring (bicyclic) bond motifs is 2. The van der Waals surface area contributed by atoms with E-state index in [4.69, 9.17) is 21.1 Å². The third-order valence-electron chi connectivity index (χ3n) is 12.3. The van der Waals surface area contributed by atoms with Crippen LogP contribution in [0.3, 0.4) is 0 Å². The Kier molecular flexibility index (Phi) is 10.9. The summed E-state index contributed by atoms with van der Waals surface area (Å²) in [5.74, 6) is -0.380. The van der Waals surface area contributed by atoms with Crippen LogP contribution in [0.5, 0.6) is 11.5 Å². The quantitative estimate of drug-likeness (QED) is 0.108. The third-order valence-corrected chi connectivity index (χ3v) is 13.9. The van der Waals surface area contributed by atoms with Gasteiger partial charge in [-0.3, -0.25) is 14.4 Å². The lowest BCUT2D eigenvalue weighted by atomic mass is 9.59. The molecular weight excluding hydrogens is 804 g/mol. The number of nitrogens with one attached hydrogen (secondary N) is 2. The van der Waals surface area contributed by atoms with E-state index in [9.17, 15) is 18.1 Å². The fraction of sp³-hybridized carbons (Fsp3) is 0.341. The average Bonchev–Trinajstić information content (AvgIpc) is 3.89. The highest BCUT2D eigenvalue weighted by molar-refractivity contribution is 7.90. The maximum Gasteiger partial charge on any atom is 0.268 e. The number of methoxy groups -OCH3 is 1. The highest BCUT2D eigenvalue weighted by Crippen LogP contribution is 2.55. The number of hydrogen-bond acceptors (Lipinski definition) is 11. The number of carbonyl (C=O) groups is 1. The first-order valence-electron chi connectivity index (χ1n) is 20.2. The number of piperazine rings is 1. The Bertz CT molecular complexity index is 2740. The molecule has 4 heterocycles. The zero-order valence-corrected chi connectivity index (χ0v) is 34.8. The third kappa shape index (κ3) is 8.14. The van der Waals surface area contributed by atoms with Gasteiger partial charge in [0.2, 0.25) is 0 Å². The minimum atomic E-state index is -4.50. The molecule has 1 saturated carbocycles. The zero-order chi connectivity index (χ0) is 41.4. The predicted molar refractivity (Wildman–Crippen MR) is 231 cm³/mol. The van der Waals surface area contributed by atoms with Crippen molar-refractivity contribution in [1.82, 2.24) is 29.4 Å². The van der Waals surface area contributed by atoms with Crippen LogP contribution in [0.1, 0.15) is 54.4 Å². The molecule has 14 nitrogen and oxygen atoms in total. The number of rotatable bonds is 13. The van der Waals surface area contributed by atoms with E-state index in [0.29, 0.717) is 35.3 Å². The summed E-state index contributed by atoms with van der Waals surface area (Å²) >= 11 is 6.28. The van der Waals surface area contributed by atoms with Crippen molar-refractivity contribution in [2.75, 3.05) is 51.3 Å². The van der Waals surface area contributed by atoms with Crippen molar-refractivity contribution in [1.29, 1.82) is 0 Å². The molecule has 0 unspecified atom stereocenters. The lowest BCUT2D eigenvalue weighted by molar-refractivity contribution is 0.0979. The smallest absolute Gasteiger partial charge is 0.268 e. The summed E-state index contributed by atoms with van der Waals surface area (Å²) in [4.78, 5) is 37.7. The van der Waals surface area contributed by atoms with Gasteiger partial charge in [0.15, 0.2) is 0 Å². The fourth-order valence-corrected chi connectivity index (χ4v) is 9.93. The van der Waals surface area contributed by atoms with Crippen LogP contribution in [0.2, 0.25) is 5.02 Å². The molecule has 1 aliphatic heterocycles. The van der Waals surface area contributed by atoms with E-state index in [1.165, 1.54) is 48.5 Å². The molecule has 6 aromatic rings. The van der Waals surface area contributed by atoms with Crippen molar-refractivity contribution >= 4 is 66.4 Å². The number of aromatic nitrogens is 4. The van der Waals surface area contributed by atoms with Crippen molar-refractivity contribution in [3.05, 3.63) is 112 Å². The van der Waals surface area contributed by atoms with Crippen molar-refractivity contribution < 1.29 is 22.7 Å². The number of halogens is 1. The van der Waals surface area contributed by atoms with Crippen LogP contribution >= 0.6 is 11.6 Å². The Morgan fingerprint density at radius 3 is 2.58 bits per heavy atom. The van der Waals surface area contributed by atoms with E-state index >= 15 is 0 Å². The molecule has 2 fully saturated rings. The number of ether oxygens (including phenoxy) is 2. The standard InChI is InChI=1S/C44H45ClN8O6S/c1-58-20-19-53-28-38-39(48-53)23-35(24-40(38)49-55)60(56,57)50-43(54)36-8-7-33(22-41(36)59-34-21-30-10-14-46-42(30)47-26-34)52-17-15-51(16-18-52)27-31-9-13-44(11-2-12-44)25-37(31)29-3-5-32(45)6-4-29/h3-8,10,14,21-24,26,28H,2,9,11-13,15-20,25,27H2,1H3,(H,46,47)(H,50,54). The minimum absolute atomic E-state index is 0.00279. The summed E-state index contributed by atoms with van der Waals surface area (Å²) in [5.41, 5.74) is 6.36. The Balaban J connectivity index is 0.953. The van der Waals surface area contributed by atoms with Gasteiger partial charge in [-0.1, -0.05) is 35.7 Å². The van der Waals surface area contributed by atoms with Gasteiger partial charge < -0.3 is 19.4 Å². The molecule has 1 amide bonds. The van der Waals surface area contributed by atoms with E-state index in [-0.39, 0.29) is 27.4 Å². The van der Waals surface area contributed by atoms with Crippen molar-refractivity contribution in [2.24, 2.45) is 10.6 Å². The lowest BCUT2D eigenvalue weighted by Crippen LogP contribution is -2.47. The van der Waals surface area contributed by atoms with Gasteiger partial charge in [-0.15, -0.1) is 4.91 Å². The maximum absolute atomic E-state index is 13.9. The Labute approximate surface area is 352 Å². The molecule has 1 spiro atoms. The number of aromatic amines is 1. The molecule has 2 aliphatic carbocycles. The van der Waals surface area contributed by atoms with Crippen LogP contribution in [0.4, 0.5) is 11.4 Å². The van der Waals surface area contributed by atoms with Gasteiger partial charge in [-0.05, 0) is 102 Å². The fourth-order valence-electron chi connectivity index (χ4n) is 8.80. The number of anilines is 1. The summed E-state index contributed by atoms with van der Waals surface area (Å²) in [6.07, 6.45) is 12.4. The highest BCUT2D eigenvalue weighted by atomic mass is 35.5. The number of benzene rings is 3. The first-order chi connectivity index (χ1) is 29.1. The molecule has 0 radical (unpaired) electrons. The molecule has 3 aromatic carbocycles. The maximum atomic E-state index is 13.9. The summed E-state index contributed by atoms with van der Waals surface area (Å²) in [5, 5.41) is 9.37. The van der Waals surface area contributed by atoms with Crippen LogP contribution in [0, 0.1) is 10.3 Å². The van der Waals surface area contributed by atoms with Gasteiger partial charge in [0.1, 0.15) is 22.8 Å². The number of nitroso groups, excluding NO2 is 1. The van der Waals surface area contributed by atoms with E-state index in [2.05, 4.69) is 46.9 Å². The summed E-state index contributed by atoms with van der Waals surface area (Å²) < 4.78 is 42.6. The second-order valence-electron chi connectivity index (χ2n) is 16.0. The van der Waals surface area contributed by atoms with Crippen LogP contribution in [0.15, 0.2) is 101 Å². The summed E-state index contributed by atoms with van der Waals surface area (Å²) in [6.45, 7) is 4.86. The number of allylic oxidation sites excluding steroid dienone is 1. The van der Waals surface area contributed by atoms with E-state index in [1.54, 1.807) is 48.6 Å². The highest BCUT2D eigenvalue weighted by Gasteiger charge is 2.41. The van der Waals surface area contributed by atoms with Crippen molar-refractivity contribution in [3.63, 3.8) is 0 Å². The van der Waals surface area contributed by atoms with Gasteiger partial charge in [-0.25, -0.2) is 18.1 Å². The van der Waals surface area contributed by atoms with Crippen molar-refractivity contribution in [3.8, 4) is 11.5 Å². The van der Waals surface area contributed by atoms with E-state index in [0.717, 1.165) is 67.7 Å². The minimum Gasteiger partial charge on any atom is -0.455 e. The monoisotopic (exact) mass is 848 g/mol. The second kappa shape index (κ2) is 16.4. The first kappa shape index (κ1) is 39.8. The number of sulfonamides is 1. The molecule has 2 N–H and O–H groups in total. The average molecular weight is 849 g/mol. The molecule has 310 valence electrons. The van der Waals surface area contributed by atoms with Crippen LogP contribution in [-0.4, -0.2) is 85.4 Å². The lowest BCUT2D eigenvalue weighted by Gasteiger charge is -2.47. The number of nitrogens with zero attached hydrogens (tertiary/aromatic N) is 6. The van der Waals surface area contributed by atoms with Crippen molar-refractivity contribution in [2.45, 2.75) is 50.0 Å². The molecule has 16 heteroatoms. The van der Waals surface area contributed by atoms with Gasteiger partial charge in [0.25, 0.3) is 15.9 Å². The van der Waals surface area contributed by atoms with Crippen LogP contribution in [0.25, 0.3) is 27.5 Å². The molecule has 0 atom stereocenters. The normalized spacial score (nSPS) is 17.0. The van der Waals surface area contributed by atoms with Gasteiger partial charge in [-0.2, -0.15) is 5.10 Å². The SMILES string of the molecule is COCCn1cc2c(N=O)cc(S(=O)(=O)NC(=O)c3ccc(N4CCN(CC5=C(c6ccc(Cl)cc6)CC6(CCC6)CC5)CC4)cc3Oc3cnc4[nH]ccc4c3)cc2n1. The molecule has 3 aliphatic rings. The topological polar surface area (TPSA) is 164 Å². The number of H-pyrrole nitrogens is 1. The van der Waals surface area contributed by atoms with Crippen LogP contribution in [-0.2, 0) is 21.3 Å². The number of carbonyl (C=O) groups excluding carboxylic acids is 1. The second-order valence-corrected chi connectivity index (χ2v) is 18.2. The van der Waals surface area contributed by atoms with E-state index < -0.39 is 15.9 Å². The molecule has 9 rings (SSSR count). The zero-order valence-electron chi connectivity index (χ0n) is 33.2. The Morgan fingerprint density at radius 1 is 1.02 bits per heavy atom. The van der Waals surface area contributed by atoms with Gasteiger partial charge >= 0.3 is 0 Å². The number of hydrogen-bond donors (Lipinski definition) is 2. The predicted octanol–water partition coefficient (Wildman–Crippen LogP) is 8.45. The van der Waals surface area contributed by atoms with Gasteiger partial charge in [0.05, 0.1) is 35.3 Å². The molecule has 1 saturated heterocycles. The molecular formula is C44H45ClN8O6S. The molecule has 3 aromatic heterocycles. The molecule has 60 heavy (non-hydrogen) atoms. The first-order valence-corrected chi connectivity index (χ1v) is 22.0. The largest absolute Gasteiger partial charge is 0.455 e. The Morgan fingerprint density at radius 2 is 1.83 bits per heavy atom. The van der Waals surface area contributed by atoms with E-state index in [1.807, 2.05) is 24.3 Å². The Hall–Kier alpha value is -5.61. The number of amides is 1. The molecule has 0 bridgehead atoms. The van der Waals surface area contributed by atoms with Crippen LogP contribution < -0.4 is 14.4 Å². The number of pyridine rings is 1. The summed E-state index contributed by atoms with van der Waals surface area (Å²) in [7, 11) is -2.95. The summed E-state index contributed by atoms with van der Waals surface area (Å²) in [6, 6.07) is 19.6.